The topological polar surface area (TPSA) is 99.0 Å². The van der Waals surface area contributed by atoms with E-state index in [1.807, 2.05) is 68.4 Å². The van der Waals surface area contributed by atoms with Crippen molar-refractivity contribution < 1.29 is 9.21 Å². The van der Waals surface area contributed by atoms with Crippen molar-refractivity contribution in [2.45, 2.75) is 25.0 Å². The molecule has 0 bridgehead atoms. The van der Waals surface area contributed by atoms with Crippen LogP contribution in [0.5, 0.6) is 0 Å². The lowest BCUT2D eigenvalue weighted by Gasteiger charge is -2.11. The highest BCUT2D eigenvalue weighted by Crippen LogP contribution is 2.24. The Morgan fingerprint density at radius 2 is 1.97 bits per heavy atom. The lowest BCUT2D eigenvalue weighted by Crippen LogP contribution is -2.28. The van der Waals surface area contributed by atoms with Gasteiger partial charge in [-0.25, -0.2) is 4.68 Å². The Bertz CT molecular complexity index is 1120. The Hall–Kier alpha value is -3.26. The first-order chi connectivity index (χ1) is 14.0. The van der Waals surface area contributed by atoms with Gasteiger partial charge in [0.15, 0.2) is 5.82 Å². The molecule has 148 valence electrons. The number of carbonyl (C=O) groups excluding carboxylic acids is 1. The van der Waals surface area contributed by atoms with Gasteiger partial charge in [-0.2, -0.15) is 0 Å². The number of nitrogens with zero attached hydrogens (tertiary/aromatic N) is 3. The number of hydrogen-bond acceptors (Lipinski definition) is 6. The van der Waals surface area contributed by atoms with Crippen molar-refractivity contribution in [3.63, 3.8) is 0 Å². The summed E-state index contributed by atoms with van der Waals surface area (Å²) < 4.78 is 7.21. The standard InChI is InChI=1S/C21H21N5O2S/c1-13-7-9-15(10-8-13)20-24-25-21(26(20)22)29-12-19(27)23-14(2)18-11-16-5-3-4-6-17(16)28-18/h3-11,14H,12,22H2,1-2H3,(H,23,27)/t14-/m0/s1. The Kier molecular flexibility index (Phi) is 5.26. The first kappa shape index (κ1) is 19.1. The molecule has 0 radical (unpaired) electrons. The minimum atomic E-state index is -0.241. The first-order valence-electron chi connectivity index (χ1n) is 9.19. The predicted octanol–water partition coefficient (Wildman–Crippen LogP) is 3.68. The molecule has 0 saturated carbocycles. The minimum Gasteiger partial charge on any atom is -0.459 e. The number of aryl methyl sites for hydroxylation is 1. The van der Waals surface area contributed by atoms with Crippen LogP contribution in [0.4, 0.5) is 0 Å². The van der Waals surface area contributed by atoms with Crippen LogP contribution in [0.25, 0.3) is 22.4 Å². The zero-order chi connectivity index (χ0) is 20.4. The minimum absolute atomic E-state index is 0.136. The number of furan rings is 1. The molecule has 4 aromatic rings. The van der Waals surface area contributed by atoms with Gasteiger partial charge in [0.1, 0.15) is 11.3 Å². The third kappa shape index (κ3) is 4.12. The number of rotatable bonds is 6. The van der Waals surface area contributed by atoms with Gasteiger partial charge in [-0.15, -0.1) is 10.2 Å². The predicted molar refractivity (Wildman–Crippen MR) is 114 cm³/mol. The van der Waals surface area contributed by atoms with Gasteiger partial charge in [-0.1, -0.05) is 59.8 Å². The molecule has 0 aliphatic rings. The monoisotopic (exact) mass is 407 g/mol. The lowest BCUT2D eigenvalue weighted by molar-refractivity contribution is -0.119. The van der Waals surface area contributed by atoms with E-state index in [1.54, 1.807) is 0 Å². The molecule has 0 unspecified atom stereocenters. The number of nitrogen functional groups attached to an aromatic ring is 1. The molecule has 2 heterocycles. The number of nitrogens with two attached hydrogens (primary N) is 1. The molecule has 1 amide bonds. The van der Waals surface area contributed by atoms with Crippen molar-refractivity contribution in [3.8, 4) is 11.4 Å². The molecular formula is C21H21N5O2S. The van der Waals surface area contributed by atoms with Crippen molar-refractivity contribution in [2.24, 2.45) is 0 Å². The number of benzene rings is 2. The van der Waals surface area contributed by atoms with Crippen LogP contribution < -0.4 is 11.2 Å². The number of nitrogens with one attached hydrogen (secondary N) is 1. The summed E-state index contributed by atoms with van der Waals surface area (Å²) in [7, 11) is 0. The average Bonchev–Trinajstić information content (AvgIpc) is 3.31. The average molecular weight is 407 g/mol. The van der Waals surface area contributed by atoms with E-state index in [-0.39, 0.29) is 17.7 Å². The number of para-hydroxylation sites is 1. The van der Waals surface area contributed by atoms with Crippen LogP contribution in [0.1, 0.15) is 24.3 Å². The quantitative estimate of drug-likeness (QED) is 0.374. The van der Waals surface area contributed by atoms with E-state index in [0.29, 0.717) is 16.7 Å². The molecule has 3 N–H and O–H groups in total. The second-order valence-corrected chi connectivity index (χ2v) is 7.75. The molecule has 0 spiro atoms. The third-order valence-electron chi connectivity index (χ3n) is 4.56. The summed E-state index contributed by atoms with van der Waals surface area (Å²) >= 11 is 1.24. The summed E-state index contributed by atoms with van der Waals surface area (Å²) in [6.07, 6.45) is 0. The van der Waals surface area contributed by atoms with Gasteiger partial charge in [0.25, 0.3) is 0 Å². The van der Waals surface area contributed by atoms with Gasteiger partial charge >= 0.3 is 0 Å². The molecule has 0 aliphatic carbocycles. The van der Waals surface area contributed by atoms with Crippen LogP contribution in [-0.2, 0) is 4.79 Å². The van der Waals surface area contributed by atoms with E-state index in [2.05, 4.69) is 15.5 Å². The first-order valence-corrected chi connectivity index (χ1v) is 10.2. The van der Waals surface area contributed by atoms with E-state index in [1.165, 1.54) is 16.4 Å². The number of aromatic nitrogens is 3. The molecule has 0 fully saturated rings. The molecule has 4 rings (SSSR count). The highest BCUT2D eigenvalue weighted by atomic mass is 32.2. The second kappa shape index (κ2) is 8.00. The Morgan fingerprint density at radius 1 is 1.21 bits per heavy atom. The van der Waals surface area contributed by atoms with Crippen molar-refractivity contribution in [2.75, 3.05) is 11.6 Å². The molecule has 2 aromatic carbocycles. The van der Waals surface area contributed by atoms with E-state index in [9.17, 15) is 4.79 Å². The zero-order valence-corrected chi connectivity index (χ0v) is 16.9. The maximum Gasteiger partial charge on any atom is 0.231 e. The van der Waals surface area contributed by atoms with Crippen LogP contribution in [0.15, 0.2) is 64.2 Å². The van der Waals surface area contributed by atoms with E-state index >= 15 is 0 Å². The van der Waals surface area contributed by atoms with Crippen molar-refractivity contribution >= 4 is 28.6 Å². The molecule has 8 heteroatoms. The maximum atomic E-state index is 12.4. The van der Waals surface area contributed by atoms with Crippen molar-refractivity contribution in [3.05, 3.63) is 65.9 Å². The summed E-state index contributed by atoms with van der Waals surface area (Å²) in [5, 5.41) is 12.7. The fourth-order valence-corrected chi connectivity index (χ4v) is 3.64. The van der Waals surface area contributed by atoms with Crippen LogP contribution in [0.3, 0.4) is 0 Å². The van der Waals surface area contributed by atoms with Gasteiger partial charge in [-0.3, -0.25) is 4.79 Å². The third-order valence-corrected chi connectivity index (χ3v) is 5.50. The molecule has 2 aromatic heterocycles. The summed E-state index contributed by atoms with van der Waals surface area (Å²) in [5.41, 5.74) is 2.83. The molecule has 7 nitrogen and oxygen atoms in total. The van der Waals surface area contributed by atoms with Crippen LogP contribution >= 0.6 is 11.8 Å². The normalized spacial score (nSPS) is 12.2. The lowest BCUT2D eigenvalue weighted by atomic mass is 10.1. The van der Waals surface area contributed by atoms with Crippen LogP contribution in [-0.4, -0.2) is 26.5 Å². The molecule has 29 heavy (non-hydrogen) atoms. The van der Waals surface area contributed by atoms with E-state index in [0.717, 1.165) is 22.1 Å². The maximum absolute atomic E-state index is 12.4. The van der Waals surface area contributed by atoms with Crippen LogP contribution in [0.2, 0.25) is 0 Å². The van der Waals surface area contributed by atoms with Crippen LogP contribution in [0, 0.1) is 6.92 Å². The number of fused-ring (bicyclic) bond motifs is 1. The number of carbonyl (C=O) groups is 1. The van der Waals surface area contributed by atoms with E-state index < -0.39 is 0 Å². The molecule has 1 atom stereocenters. The number of thioether (sulfide) groups is 1. The van der Waals surface area contributed by atoms with Gasteiger partial charge in [0.2, 0.25) is 11.1 Å². The Balaban J connectivity index is 1.37. The smallest absolute Gasteiger partial charge is 0.231 e. The second-order valence-electron chi connectivity index (χ2n) is 6.81. The summed E-state index contributed by atoms with van der Waals surface area (Å²) in [6, 6.07) is 17.3. The highest BCUT2D eigenvalue weighted by molar-refractivity contribution is 7.99. The SMILES string of the molecule is Cc1ccc(-c2nnc(SCC(=O)N[C@@H](C)c3cc4ccccc4o3)n2N)cc1. The summed E-state index contributed by atoms with van der Waals surface area (Å²) in [4.78, 5) is 12.4. The summed E-state index contributed by atoms with van der Waals surface area (Å²) in [6.45, 7) is 3.91. The fourth-order valence-electron chi connectivity index (χ4n) is 2.98. The number of hydrogen-bond donors (Lipinski definition) is 2. The molecular weight excluding hydrogens is 386 g/mol. The van der Waals surface area contributed by atoms with E-state index in [4.69, 9.17) is 10.3 Å². The largest absolute Gasteiger partial charge is 0.459 e. The number of amides is 1. The van der Waals surface area contributed by atoms with Crippen molar-refractivity contribution in [1.29, 1.82) is 0 Å². The molecule has 0 aliphatic heterocycles. The molecule has 0 saturated heterocycles. The van der Waals surface area contributed by atoms with Crippen molar-refractivity contribution in [1.82, 2.24) is 20.2 Å². The Labute approximate surface area is 172 Å². The van der Waals surface area contributed by atoms with Gasteiger partial charge in [0.05, 0.1) is 11.8 Å². The highest BCUT2D eigenvalue weighted by Gasteiger charge is 2.17. The van der Waals surface area contributed by atoms with Gasteiger partial charge in [-0.05, 0) is 26.0 Å². The fraction of sp³-hybridized carbons (Fsp3) is 0.190. The zero-order valence-electron chi connectivity index (χ0n) is 16.1. The van der Waals surface area contributed by atoms with Gasteiger partial charge in [0, 0.05) is 10.9 Å². The van der Waals surface area contributed by atoms with Gasteiger partial charge < -0.3 is 15.6 Å². The Morgan fingerprint density at radius 3 is 2.72 bits per heavy atom. The summed E-state index contributed by atoms with van der Waals surface area (Å²) in [5.74, 6) is 7.43.